The van der Waals surface area contributed by atoms with Gasteiger partial charge in [0, 0.05) is 38.9 Å². The van der Waals surface area contributed by atoms with E-state index >= 15 is 0 Å². The number of aryl methyl sites for hydroxylation is 1. The zero-order valence-corrected chi connectivity index (χ0v) is 11.5. The Morgan fingerprint density at radius 3 is 2.89 bits per heavy atom. The van der Waals surface area contributed by atoms with Gasteiger partial charge >= 0.3 is 0 Å². The van der Waals surface area contributed by atoms with Crippen molar-refractivity contribution in [1.29, 1.82) is 0 Å². The molecule has 0 aromatic carbocycles. The lowest BCUT2D eigenvalue weighted by molar-refractivity contribution is 0.0365. The van der Waals surface area contributed by atoms with Crippen LogP contribution in [0.1, 0.15) is 29.8 Å². The van der Waals surface area contributed by atoms with Crippen molar-refractivity contribution in [3.8, 4) is 0 Å². The molecule has 1 aromatic rings. The fourth-order valence-corrected chi connectivity index (χ4v) is 3.31. The van der Waals surface area contributed by atoms with Crippen molar-refractivity contribution in [1.82, 2.24) is 14.4 Å². The first-order chi connectivity index (χ1) is 9.15. The summed E-state index contributed by atoms with van der Waals surface area (Å²) in [4.78, 5) is 17.1. The number of hydrogen-bond acceptors (Lipinski definition) is 3. The van der Waals surface area contributed by atoms with Crippen LogP contribution >= 0.6 is 0 Å². The van der Waals surface area contributed by atoms with Crippen LogP contribution in [0.2, 0.25) is 0 Å². The predicted molar refractivity (Wildman–Crippen MR) is 74.9 cm³/mol. The van der Waals surface area contributed by atoms with E-state index in [1.807, 2.05) is 16.5 Å². The van der Waals surface area contributed by atoms with E-state index in [4.69, 9.17) is 5.73 Å². The number of nitrogens with zero attached hydrogens (tertiary/aromatic N) is 3. The van der Waals surface area contributed by atoms with Crippen molar-refractivity contribution in [3.63, 3.8) is 0 Å². The smallest absolute Gasteiger partial charge is 0.270 e. The SMILES string of the molecule is Cn1cc(N)cc1C(=O)N1CCN2CCCCC2C1. The lowest BCUT2D eigenvalue weighted by Crippen LogP contribution is -2.56. The lowest BCUT2D eigenvalue weighted by Gasteiger charge is -2.44. The highest BCUT2D eigenvalue weighted by Gasteiger charge is 2.31. The van der Waals surface area contributed by atoms with Crippen LogP contribution in [0.4, 0.5) is 5.69 Å². The van der Waals surface area contributed by atoms with Gasteiger partial charge in [-0.15, -0.1) is 0 Å². The average Bonchev–Trinajstić information content (AvgIpc) is 2.76. The average molecular weight is 262 g/mol. The number of aromatic nitrogens is 1. The summed E-state index contributed by atoms with van der Waals surface area (Å²) >= 11 is 0. The number of piperidine rings is 1. The molecule has 2 fully saturated rings. The van der Waals surface area contributed by atoms with Gasteiger partial charge in [-0.3, -0.25) is 9.69 Å². The van der Waals surface area contributed by atoms with Gasteiger partial charge in [0.25, 0.3) is 5.91 Å². The molecule has 2 saturated heterocycles. The summed E-state index contributed by atoms with van der Waals surface area (Å²) in [5.74, 6) is 0.115. The fraction of sp³-hybridized carbons (Fsp3) is 0.643. The van der Waals surface area contributed by atoms with Gasteiger partial charge in [0.2, 0.25) is 0 Å². The fourth-order valence-electron chi connectivity index (χ4n) is 3.31. The van der Waals surface area contributed by atoms with Gasteiger partial charge in [-0.1, -0.05) is 6.42 Å². The van der Waals surface area contributed by atoms with Gasteiger partial charge in [-0.25, -0.2) is 0 Å². The predicted octanol–water partition coefficient (Wildman–Crippen LogP) is 0.918. The molecule has 1 atom stereocenters. The normalized spacial score (nSPS) is 24.3. The van der Waals surface area contributed by atoms with Gasteiger partial charge in [0.05, 0.1) is 5.69 Å². The first-order valence-corrected chi connectivity index (χ1v) is 7.10. The maximum Gasteiger partial charge on any atom is 0.270 e. The summed E-state index contributed by atoms with van der Waals surface area (Å²) in [5.41, 5.74) is 7.10. The van der Waals surface area contributed by atoms with E-state index in [0.717, 1.165) is 19.6 Å². The van der Waals surface area contributed by atoms with Crippen molar-refractivity contribution in [3.05, 3.63) is 18.0 Å². The van der Waals surface area contributed by atoms with Gasteiger partial charge in [0.15, 0.2) is 0 Å². The van der Waals surface area contributed by atoms with E-state index in [1.165, 1.54) is 25.8 Å². The maximum atomic E-state index is 12.5. The number of nitrogen functional groups attached to an aromatic ring is 1. The van der Waals surface area contributed by atoms with Crippen LogP contribution < -0.4 is 5.73 Å². The standard InChI is InChI=1S/C14H22N4O/c1-16-9-11(15)8-13(16)14(19)18-7-6-17-5-3-2-4-12(17)10-18/h8-9,12H,2-7,10,15H2,1H3. The van der Waals surface area contributed by atoms with Crippen LogP contribution in [0, 0.1) is 0 Å². The summed E-state index contributed by atoms with van der Waals surface area (Å²) in [5, 5.41) is 0. The molecule has 0 spiro atoms. The third-order valence-electron chi connectivity index (χ3n) is 4.37. The van der Waals surface area contributed by atoms with E-state index in [1.54, 1.807) is 12.3 Å². The molecule has 1 aromatic heterocycles. The zero-order chi connectivity index (χ0) is 13.4. The minimum Gasteiger partial charge on any atom is -0.397 e. The number of carbonyl (C=O) groups excluding carboxylic acids is 1. The number of fused-ring (bicyclic) bond motifs is 1. The molecule has 0 bridgehead atoms. The van der Waals surface area contributed by atoms with Gasteiger partial charge in [0.1, 0.15) is 5.69 Å². The second-order valence-corrected chi connectivity index (χ2v) is 5.71. The summed E-state index contributed by atoms with van der Waals surface area (Å²) in [6.45, 7) is 3.91. The first kappa shape index (κ1) is 12.5. The van der Waals surface area contributed by atoms with Crippen LogP contribution in [0.3, 0.4) is 0 Å². The van der Waals surface area contributed by atoms with Crippen molar-refractivity contribution in [2.75, 3.05) is 31.9 Å². The van der Waals surface area contributed by atoms with E-state index in [2.05, 4.69) is 4.90 Å². The monoisotopic (exact) mass is 262 g/mol. The molecular formula is C14H22N4O. The van der Waals surface area contributed by atoms with Crippen LogP contribution in [-0.2, 0) is 7.05 Å². The minimum atomic E-state index is 0.115. The molecule has 1 unspecified atom stereocenters. The number of hydrogen-bond donors (Lipinski definition) is 1. The molecule has 104 valence electrons. The quantitative estimate of drug-likeness (QED) is 0.819. The summed E-state index contributed by atoms with van der Waals surface area (Å²) in [6, 6.07) is 2.33. The van der Waals surface area contributed by atoms with Crippen molar-refractivity contribution >= 4 is 11.6 Å². The zero-order valence-electron chi connectivity index (χ0n) is 11.5. The van der Waals surface area contributed by atoms with Crippen molar-refractivity contribution in [2.45, 2.75) is 25.3 Å². The van der Waals surface area contributed by atoms with E-state index in [0.29, 0.717) is 17.4 Å². The minimum absolute atomic E-state index is 0.115. The van der Waals surface area contributed by atoms with Gasteiger partial charge in [-0.2, -0.15) is 0 Å². The Morgan fingerprint density at radius 1 is 1.32 bits per heavy atom. The summed E-state index contributed by atoms with van der Waals surface area (Å²) < 4.78 is 1.82. The molecule has 0 radical (unpaired) electrons. The van der Waals surface area contributed by atoms with Crippen LogP contribution in [0.15, 0.2) is 12.3 Å². The first-order valence-electron chi connectivity index (χ1n) is 7.10. The molecule has 2 aliphatic heterocycles. The Labute approximate surface area is 114 Å². The number of amides is 1. The molecule has 0 aliphatic carbocycles. The highest BCUT2D eigenvalue weighted by atomic mass is 16.2. The Hall–Kier alpha value is -1.49. The molecule has 2 N–H and O–H groups in total. The van der Waals surface area contributed by atoms with Crippen LogP contribution in [0.25, 0.3) is 0 Å². The van der Waals surface area contributed by atoms with E-state index in [-0.39, 0.29) is 5.91 Å². The highest BCUT2D eigenvalue weighted by Crippen LogP contribution is 2.22. The van der Waals surface area contributed by atoms with Crippen molar-refractivity contribution < 1.29 is 4.79 Å². The van der Waals surface area contributed by atoms with E-state index in [9.17, 15) is 4.79 Å². The molecule has 0 saturated carbocycles. The number of nitrogens with two attached hydrogens (primary N) is 1. The van der Waals surface area contributed by atoms with Gasteiger partial charge in [-0.05, 0) is 25.5 Å². The molecule has 3 heterocycles. The Balaban J connectivity index is 1.72. The second kappa shape index (κ2) is 4.89. The summed E-state index contributed by atoms with van der Waals surface area (Å²) in [7, 11) is 1.88. The van der Waals surface area contributed by atoms with Crippen LogP contribution in [0.5, 0.6) is 0 Å². The molecule has 5 nitrogen and oxygen atoms in total. The lowest BCUT2D eigenvalue weighted by atomic mass is 9.99. The number of piperazine rings is 1. The Morgan fingerprint density at radius 2 is 2.16 bits per heavy atom. The number of carbonyl (C=O) groups is 1. The van der Waals surface area contributed by atoms with Crippen molar-refractivity contribution in [2.24, 2.45) is 7.05 Å². The van der Waals surface area contributed by atoms with Crippen LogP contribution in [-0.4, -0.2) is 52.5 Å². The molecule has 1 amide bonds. The topological polar surface area (TPSA) is 54.5 Å². The number of anilines is 1. The molecule has 3 rings (SSSR count). The Bertz CT molecular complexity index is 482. The van der Waals surface area contributed by atoms with Gasteiger partial charge < -0.3 is 15.2 Å². The largest absolute Gasteiger partial charge is 0.397 e. The number of rotatable bonds is 1. The van der Waals surface area contributed by atoms with E-state index < -0.39 is 0 Å². The third kappa shape index (κ3) is 2.34. The second-order valence-electron chi connectivity index (χ2n) is 5.71. The highest BCUT2D eigenvalue weighted by molar-refractivity contribution is 5.94. The molecular weight excluding hydrogens is 240 g/mol. The summed E-state index contributed by atoms with van der Waals surface area (Å²) in [6.07, 6.45) is 5.61. The third-order valence-corrected chi connectivity index (χ3v) is 4.37. The molecule has 5 heteroatoms. The maximum absolute atomic E-state index is 12.5. The molecule has 19 heavy (non-hydrogen) atoms. The molecule has 2 aliphatic rings. The Kier molecular flexibility index (Phi) is 3.22.